The molecule has 0 unspecified atom stereocenters. The van der Waals surface area contributed by atoms with Crippen molar-refractivity contribution in [3.8, 4) is 11.1 Å². The second-order valence-electron chi connectivity index (χ2n) is 9.95. The Labute approximate surface area is 219 Å². The van der Waals surface area contributed by atoms with E-state index in [2.05, 4.69) is 41.1 Å². The van der Waals surface area contributed by atoms with E-state index in [9.17, 15) is 20.1 Å². The normalized spacial score (nSPS) is 23.2. The number of aryl methyl sites for hydroxylation is 1. The lowest BCUT2D eigenvalue weighted by Gasteiger charge is -2.19. The molecule has 0 radical (unpaired) electrons. The topological polar surface area (TPSA) is 87.0 Å². The van der Waals surface area contributed by atoms with Gasteiger partial charge in [-0.05, 0) is 85.4 Å². The monoisotopic (exact) mass is 512 g/mol. The van der Waals surface area contributed by atoms with E-state index < -0.39 is 18.3 Å². The summed E-state index contributed by atoms with van der Waals surface area (Å²) in [6.45, 7) is 3.68. The van der Waals surface area contributed by atoms with E-state index in [0.717, 1.165) is 19.3 Å². The Morgan fingerprint density at radius 1 is 1.11 bits per heavy atom. The van der Waals surface area contributed by atoms with E-state index in [1.54, 1.807) is 17.4 Å². The van der Waals surface area contributed by atoms with Gasteiger partial charge in [0.1, 0.15) is 0 Å². The highest BCUT2D eigenvalue weighted by atomic mass is 32.1. The van der Waals surface area contributed by atoms with Gasteiger partial charge in [0.2, 0.25) is 0 Å². The first kappa shape index (κ1) is 28.3. The lowest BCUT2D eigenvalue weighted by Crippen LogP contribution is -2.20. The van der Waals surface area contributed by atoms with Crippen molar-refractivity contribution < 1.29 is 24.9 Å². The van der Waals surface area contributed by atoms with E-state index >= 15 is 0 Å². The SMILES string of the molecule is CC(C)OC(=O)CCC/C=C\C[C@@H]1[C@@H](/C=C/[C@@H](O)CCc2ccc(-c3ccsc3)cc2)[C@H](O)C[C@@H]1O. The summed E-state index contributed by atoms with van der Waals surface area (Å²) in [5.41, 5.74) is 3.60. The Balaban J connectivity index is 1.43. The second-order valence-corrected chi connectivity index (χ2v) is 10.7. The van der Waals surface area contributed by atoms with Crippen LogP contribution in [-0.4, -0.2) is 45.7 Å². The fourth-order valence-electron chi connectivity index (χ4n) is 4.72. The van der Waals surface area contributed by atoms with E-state index in [0.29, 0.717) is 25.7 Å². The van der Waals surface area contributed by atoms with Gasteiger partial charge >= 0.3 is 5.97 Å². The van der Waals surface area contributed by atoms with Crippen LogP contribution >= 0.6 is 11.3 Å². The van der Waals surface area contributed by atoms with Crippen molar-refractivity contribution >= 4 is 17.3 Å². The van der Waals surface area contributed by atoms with Crippen molar-refractivity contribution in [1.29, 1.82) is 0 Å². The van der Waals surface area contributed by atoms with Gasteiger partial charge in [0.05, 0.1) is 24.4 Å². The number of hydrogen-bond donors (Lipinski definition) is 3. The molecule has 1 heterocycles. The summed E-state index contributed by atoms with van der Waals surface area (Å²) in [7, 11) is 0. The molecule has 1 saturated carbocycles. The summed E-state index contributed by atoms with van der Waals surface area (Å²) >= 11 is 1.69. The fourth-order valence-corrected chi connectivity index (χ4v) is 5.39. The Bertz CT molecular complexity index is 964. The highest BCUT2D eigenvalue weighted by Gasteiger charge is 2.39. The lowest BCUT2D eigenvalue weighted by molar-refractivity contribution is -0.147. The van der Waals surface area contributed by atoms with Gasteiger partial charge in [0.25, 0.3) is 0 Å². The molecule has 5 atom stereocenters. The van der Waals surface area contributed by atoms with Gasteiger partial charge in [0.15, 0.2) is 0 Å². The van der Waals surface area contributed by atoms with Gasteiger partial charge in [-0.2, -0.15) is 11.3 Å². The van der Waals surface area contributed by atoms with Crippen molar-refractivity contribution in [3.63, 3.8) is 0 Å². The summed E-state index contributed by atoms with van der Waals surface area (Å²) in [6.07, 6.45) is 10.1. The zero-order valence-corrected chi connectivity index (χ0v) is 22.1. The van der Waals surface area contributed by atoms with Crippen molar-refractivity contribution in [2.45, 2.75) is 83.2 Å². The number of benzene rings is 1. The van der Waals surface area contributed by atoms with Gasteiger partial charge in [-0.15, -0.1) is 0 Å². The molecule has 36 heavy (non-hydrogen) atoms. The largest absolute Gasteiger partial charge is 0.463 e. The predicted molar refractivity (Wildman–Crippen MR) is 146 cm³/mol. The van der Waals surface area contributed by atoms with Gasteiger partial charge in [-0.1, -0.05) is 48.6 Å². The van der Waals surface area contributed by atoms with Crippen LogP contribution in [0.5, 0.6) is 0 Å². The first-order chi connectivity index (χ1) is 17.3. The summed E-state index contributed by atoms with van der Waals surface area (Å²) < 4.78 is 5.13. The molecule has 5 nitrogen and oxygen atoms in total. The quantitative estimate of drug-likeness (QED) is 0.182. The number of aliphatic hydroxyl groups is 3. The first-order valence-electron chi connectivity index (χ1n) is 13.0. The third-order valence-corrected chi connectivity index (χ3v) is 7.39. The summed E-state index contributed by atoms with van der Waals surface area (Å²) in [5, 5.41) is 35.6. The van der Waals surface area contributed by atoms with Crippen LogP contribution < -0.4 is 0 Å². The molecule has 0 spiro atoms. The van der Waals surface area contributed by atoms with Crippen molar-refractivity contribution in [2.24, 2.45) is 11.8 Å². The van der Waals surface area contributed by atoms with E-state index in [1.165, 1.54) is 16.7 Å². The van der Waals surface area contributed by atoms with Gasteiger partial charge in [0, 0.05) is 18.8 Å². The molecule has 2 aromatic rings. The third-order valence-electron chi connectivity index (χ3n) is 6.70. The maximum Gasteiger partial charge on any atom is 0.306 e. The maximum absolute atomic E-state index is 11.6. The molecule has 1 aromatic heterocycles. The molecule has 1 aliphatic carbocycles. The first-order valence-corrected chi connectivity index (χ1v) is 14.0. The smallest absolute Gasteiger partial charge is 0.306 e. The van der Waals surface area contributed by atoms with Gasteiger partial charge in [-0.25, -0.2) is 0 Å². The second kappa shape index (κ2) is 14.5. The summed E-state index contributed by atoms with van der Waals surface area (Å²) in [5.74, 6) is -0.452. The molecule has 3 N–H and O–H groups in total. The molecule has 6 heteroatoms. The predicted octanol–water partition coefficient (Wildman–Crippen LogP) is 5.69. The number of carbonyl (C=O) groups is 1. The molecule has 0 aliphatic heterocycles. The number of unbranched alkanes of at least 4 members (excludes halogenated alkanes) is 1. The van der Waals surface area contributed by atoms with Crippen molar-refractivity contribution in [3.05, 3.63) is 71.0 Å². The molecule has 196 valence electrons. The summed E-state index contributed by atoms with van der Waals surface area (Å²) in [6, 6.07) is 10.6. The number of esters is 1. The van der Waals surface area contributed by atoms with Gasteiger partial charge in [-0.3, -0.25) is 4.79 Å². The van der Waals surface area contributed by atoms with Crippen LogP contribution in [-0.2, 0) is 16.0 Å². The number of thiophene rings is 1. The van der Waals surface area contributed by atoms with E-state index in [-0.39, 0.29) is 23.9 Å². The maximum atomic E-state index is 11.6. The molecular weight excluding hydrogens is 472 g/mol. The number of hydrogen-bond acceptors (Lipinski definition) is 6. The Morgan fingerprint density at radius 3 is 2.58 bits per heavy atom. The molecule has 1 aliphatic rings. The van der Waals surface area contributed by atoms with Gasteiger partial charge < -0.3 is 20.1 Å². The van der Waals surface area contributed by atoms with Crippen LogP contribution in [0, 0.1) is 11.8 Å². The minimum atomic E-state index is -0.614. The van der Waals surface area contributed by atoms with Crippen LogP contribution in [0.3, 0.4) is 0 Å². The standard InChI is InChI=1S/C30H40O5S/c1-21(2)35-30(34)8-6-4-3-5-7-26-27(29(33)19-28(26)32)16-15-25(31)14-11-22-9-12-23(13-10-22)24-17-18-36-20-24/h3,5,9-10,12-13,15-18,20-21,25-29,31-33H,4,6-8,11,14,19H2,1-2H3/b5-3-,16-15+/t25-,26+,27+,28-,29+/m0/s1. The molecule has 0 saturated heterocycles. The number of rotatable bonds is 13. The Kier molecular flexibility index (Phi) is 11.4. The zero-order chi connectivity index (χ0) is 25.9. The van der Waals surface area contributed by atoms with Crippen LogP contribution in [0.15, 0.2) is 65.4 Å². The lowest BCUT2D eigenvalue weighted by atomic mass is 9.89. The van der Waals surface area contributed by atoms with E-state index in [4.69, 9.17) is 4.74 Å². The van der Waals surface area contributed by atoms with Crippen molar-refractivity contribution in [1.82, 2.24) is 0 Å². The molecule has 0 bridgehead atoms. The number of aliphatic hydroxyl groups excluding tert-OH is 3. The minimum absolute atomic E-state index is 0.0877. The molecular formula is C30H40O5S. The Morgan fingerprint density at radius 2 is 1.89 bits per heavy atom. The highest BCUT2D eigenvalue weighted by Crippen LogP contribution is 2.36. The van der Waals surface area contributed by atoms with Crippen LogP contribution in [0.4, 0.5) is 0 Å². The third kappa shape index (κ3) is 9.00. The van der Waals surface area contributed by atoms with Crippen LogP contribution in [0.2, 0.25) is 0 Å². The molecule has 0 amide bonds. The minimum Gasteiger partial charge on any atom is -0.463 e. The molecule has 1 aromatic carbocycles. The molecule has 1 fully saturated rings. The number of allylic oxidation sites excluding steroid dienone is 2. The number of carbonyl (C=O) groups excluding carboxylic acids is 1. The van der Waals surface area contributed by atoms with E-state index in [1.807, 2.05) is 32.1 Å². The molecule has 3 rings (SSSR count). The summed E-state index contributed by atoms with van der Waals surface area (Å²) in [4.78, 5) is 11.6. The highest BCUT2D eigenvalue weighted by molar-refractivity contribution is 7.08. The fraction of sp³-hybridized carbons (Fsp3) is 0.500. The van der Waals surface area contributed by atoms with Crippen molar-refractivity contribution in [2.75, 3.05) is 0 Å². The average Bonchev–Trinajstić information content (AvgIpc) is 3.46. The number of ether oxygens (including phenoxy) is 1. The Hall–Kier alpha value is -2.25. The average molecular weight is 513 g/mol. The van der Waals surface area contributed by atoms with Crippen LogP contribution in [0.1, 0.15) is 57.9 Å². The van der Waals surface area contributed by atoms with Crippen LogP contribution in [0.25, 0.3) is 11.1 Å². The zero-order valence-electron chi connectivity index (χ0n) is 21.3.